The average Bonchev–Trinajstić information content (AvgIpc) is 3.26. The van der Waals surface area contributed by atoms with E-state index in [1.165, 1.54) is 0 Å². The number of carbonyl (C=O) groups excluding carboxylic acids is 2. The number of aliphatic hydroxyl groups excluding tert-OH is 1. The maximum Gasteiger partial charge on any atom is 0.320 e. The van der Waals surface area contributed by atoms with E-state index in [2.05, 4.69) is 32.6 Å². The second-order valence-electron chi connectivity index (χ2n) is 14.4. The first-order valence-corrected chi connectivity index (χ1v) is 16.8. The Balaban J connectivity index is 0.000000489. The molecule has 9 nitrogen and oxygen atoms in total. The zero-order valence-corrected chi connectivity index (χ0v) is 27.2. The Morgan fingerprint density at radius 2 is 1.51 bits per heavy atom. The van der Waals surface area contributed by atoms with Crippen molar-refractivity contribution >= 4 is 23.7 Å². The highest BCUT2D eigenvalue weighted by molar-refractivity contribution is 5.79. The van der Waals surface area contributed by atoms with Crippen LogP contribution in [0.15, 0.2) is 0 Å². The molecule has 0 aromatic heterocycles. The van der Waals surface area contributed by atoms with E-state index in [1.807, 2.05) is 0 Å². The minimum absolute atomic E-state index is 0.0632. The number of Topliss-reactive ketones (excluding diaryl/α,β-unsaturated/α-hetero) is 1. The smallest absolute Gasteiger partial charge is 0.320 e. The number of carbonyl (C=O) groups is 4. The number of hydrogen-bond donors (Lipinski definition) is 3. The van der Waals surface area contributed by atoms with Crippen molar-refractivity contribution in [3.63, 3.8) is 0 Å². The summed E-state index contributed by atoms with van der Waals surface area (Å²) >= 11 is 0. The molecule has 0 heterocycles. The van der Waals surface area contributed by atoms with Crippen molar-refractivity contribution in [3.05, 3.63) is 0 Å². The number of carboxylic acid groups (broad SMARTS) is 2. The molecule has 4 aliphatic carbocycles. The molecule has 0 amide bonds. The molecule has 3 N–H and O–H groups in total. The van der Waals surface area contributed by atoms with E-state index in [-0.39, 0.29) is 54.2 Å². The van der Waals surface area contributed by atoms with Gasteiger partial charge in [-0.15, -0.1) is 0 Å². The van der Waals surface area contributed by atoms with Crippen LogP contribution in [0.1, 0.15) is 118 Å². The fourth-order valence-corrected chi connectivity index (χ4v) is 9.78. The van der Waals surface area contributed by atoms with Crippen LogP contribution >= 0.6 is 0 Å². The molecule has 0 saturated heterocycles. The van der Waals surface area contributed by atoms with Crippen molar-refractivity contribution in [1.82, 2.24) is 4.90 Å². The number of ketones is 1. The topological polar surface area (TPSA) is 141 Å². The number of carboxylic acids is 2. The lowest BCUT2D eigenvalue weighted by atomic mass is 9.43. The molecule has 0 aliphatic heterocycles. The Kier molecular flexibility index (Phi) is 12.6. The number of fused-ring (bicyclic) bond motifs is 5. The monoisotopic (exact) mass is 607 g/mol. The normalized spacial score (nSPS) is 36.4. The largest absolute Gasteiger partial charge is 0.481 e. The summed E-state index contributed by atoms with van der Waals surface area (Å²) in [5, 5.41) is 26.5. The first kappa shape index (κ1) is 35.5. The summed E-state index contributed by atoms with van der Waals surface area (Å²) < 4.78 is 6.47. The summed E-state index contributed by atoms with van der Waals surface area (Å²) in [6.45, 7) is 13.0. The summed E-state index contributed by atoms with van der Waals surface area (Å²) in [6, 6.07) is 0. The summed E-state index contributed by atoms with van der Waals surface area (Å²) in [7, 11) is 0. The van der Waals surface area contributed by atoms with Crippen molar-refractivity contribution in [1.29, 1.82) is 0 Å². The number of esters is 1. The first-order valence-electron chi connectivity index (χ1n) is 16.8. The summed E-state index contributed by atoms with van der Waals surface area (Å²) in [4.78, 5) is 47.8. The van der Waals surface area contributed by atoms with Crippen molar-refractivity contribution in [3.8, 4) is 0 Å². The van der Waals surface area contributed by atoms with Gasteiger partial charge in [-0.3, -0.25) is 24.1 Å². The highest BCUT2D eigenvalue weighted by Gasteiger charge is 2.64. The molecule has 0 spiro atoms. The molecule has 246 valence electrons. The van der Waals surface area contributed by atoms with Crippen LogP contribution in [0.25, 0.3) is 0 Å². The predicted octanol–water partition coefficient (Wildman–Crippen LogP) is 5.56. The molecule has 4 rings (SSSR count). The number of ether oxygens (including phenoxy) is 1. The van der Waals surface area contributed by atoms with Gasteiger partial charge in [0.1, 0.15) is 11.9 Å². The second kappa shape index (κ2) is 15.3. The van der Waals surface area contributed by atoms with Gasteiger partial charge in [0, 0.05) is 24.7 Å². The van der Waals surface area contributed by atoms with Crippen molar-refractivity contribution in [2.45, 2.75) is 130 Å². The molecule has 0 aromatic carbocycles. The summed E-state index contributed by atoms with van der Waals surface area (Å²) in [5.74, 6) is 0.324. The van der Waals surface area contributed by atoms with E-state index in [9.17, 15) is 24.3 Å². The van der Waals surface area contributed by atoms with Crippen molar-refractivity contribution in [2.24, 2.45) is 40.4 Å². The van der Waals surface area contributed by atoms with E-state index in [0.29, 0.717) is 36.0 Å². The third kappa shape index (κ3) is 8.38. The maximum absolute atomic E-state index is 13.3. The molecular formula is C34H57NO8. The minimum Gasteiger partial charge on any atom is -0.481 e. The quantitative estimate of drug-likeness (QED) is 0.243. The summed E-state index contributed by atoms with van der Waals surface area (Å²) in [6.07, 6.45) is 9.86. The number of hydrogen-bond acceptors (Lipinski definition) is 7. The highest BCUT2D eigenvalue weighted by Crippen LogP contribution is 2.68. The van der Waals surface area contributed by atoms with Crippen LogP contribution < -0.4 is 0 Å². The molecule has 4 aliphatic rings. The Hall–Kier alpha value is -2.00. The standard InChI is InChI=1S/C29H49NO4.C5H8O4/c1-6-14-30(15-7-2)18-26(33)34-25-17-29(5)23(19(3)31)10-11-24(29)22-9-8-20-16-21(32)12-13-28(20,4)27(22)25;6-4(7)2-1-3-5(8)9/h20-25,27,32H,6-18H2,1-5H3;1-3H2,(H,6,7)(H,8,9)/t20-,21+,22-,23+,24-,25-,27+,28-,29+;/m0./s1. The number of aliphatic hydroxyl groups is 1. The molecule has 0 bridgehead atoms. The Labute approximate surface area is 258 Å². The van der Waals surface area contributed by atoms with Gasteiger partial charge in [-0.1, -0.05) is 27.7 Å². The van der Waals surface area contributed by atoms with Gasteiger partial charge in [0.15, 0.2) is 0 Å². The maximum atomic E-state index is 13.3. The number of nitrogens with zero attached hydrogens (tertiary/aromatic N) is 1. The number of rotatable bonds is 12. The van der Waals surface area contributed by atoms with E-state index in [0.717, 1.165) is 77.3 Å². The molecule has 4 saturated carbocycles. The molecule has 4 fully saturated rings. The average molecular weight is 608 g/mol. The zero-order valence-electron chi connectivity index (χ0n) is 27.2. The second-order valence-corrected chi connectivity index (χ2v) is 14.4. The van der Waals surface area contributed by atoms with Crippen LogP contribution in [0, 0.1) is 40.4 Å². The van der Waals surface area contributed by atoms with Gasteiger partial charge in [-0.05, 0) is 119 Å². The lowest BCUT2D eigenvalue weighted by Gasteiger charge is -2.62. The molecule has 0 radical (unpaired) electrons. The minimum atomic E-state index is -0.948. The van der Waals surface area contributed by atoms with Crippen molar-refractivity contribution in [2.75, 3.05) is 19.6 Å². The highest BCUT2D eigenvalue weighted by atomic mass is 16.5. The van der Waals surface area contributed by atoms with E-state index in [1.54, 1.807) is 6.92 Å². The number of aliphatic carboxylic acids is 2. The Morgan fingerprint density at radius 3 is 2.07 bits per heavy atom. The lowest BCUT2D eigenvalue weighted by molar-refractivity contribution is -0.199. The Bertz CT molecular complexity index is 965. The van der Waals surface area contributed by atoms with Gasteiger partial charge >= 0.3 is 17.9 Å². The van der Waals surface area contributed by atoms with Gasteiger partial charge in [-0.2, -0.15) is 0 Å². The van der Waals surface area contributed by atoms with Crippen molar-refractivity contribution < 1.29 is 39.2 Å². The van der Waals surface area contributed by atoms with E-state index < -0.39 is 11.9 Å². The molecule has 0 unspecified atom stereocenters. The van der Waals surface area contributed by atoms with Crippen LogP contribution in [-0.2, 0) is 23.9 Å². The fraction of sp³-hybridized carbons (Fsp3) is 0.882. The van der Waals surface area contributed by atoms with Gasteiger partial charge in [-0.25, -0.2) is 0 Å². The van der Waals surface area contributed by atoms with Crippen LogP contribution in [0.2, 0.25) is 0 Å². The van der Waals surface area contributed by atoms with E-state index in [4.69, 9.17) is 14.9 Å². The molecule has 0 aromatic rings. The molecule has 9 atom stereocenters. The Morgan fingerprint density at radius 1 is 0.884 bits per heavy atom. The zero-order chi connectivity index (χ0) is 31.9. The third-order valence-electron chi connectivity index (χ3n) is 11.5. The first-order chi connectivity index (χ1) is 20.3. The summed E-state index contributed by atoms with van der Waals surface area (Å²) in [5.41, 5.74) is 0.0388. The predicted molar refractivity (Wildman–Crippen MR) is 163 cm³/mol. The van der Waals surface area contributed by atoms with E-state index >= 15 is 0 Å². The van der Waals surface area contributed by atoms with Crippen LogP contribution in [-0.4, -0.2) is 75.8 Å². The molecule has 9 heteroatoms. The van der Waals surface area contributed by atoms with Crippen LogP contribution in [0.5, 0.6) is 0 Å². The van der Waals surface area contributed by atoms with Crippen LogP contribution in [0.3, 0.4) is 0 Å². The third-order valence-corrected chi connectivity index (χ3v) is 11.5. The SMILES string of the molecule is CCCN(CCC)CC(=O)O[C@H]1C[C@]2(C)[C@@H](C(C)=O)CC[C@H]2[C@@H]2CC[C@H]3C[C@H](O)CC[C@]3(C)[C@H]21.O=C(O)CCCC(=O)O. The van der Waals surface area contributed by atoms with Gasteiger partial charge in [0.25, 0.3) is 0 Å². The molecular weight excluding hydrogens is 550 g/mol. The lowest BCUT2D eigenvalue weighted by Crippen LogP contribution is -2.60. The molecule has 43 heavy (non-hydrogen) atoms. The van der Waals surface area contributed by atoms with Gasteiger partial charge in [0.05, 0.1) is 12.6 Å². The fourth-order valence-electron chi connectivity index (χ4n) is 9.78. The van der Waals surface area contributed by atoms with Crippen LogP contribution in [0.4, 0.5) is 0 Å². The van der Waals surface area contributed by atoms with Gasteiger partial charge < -0.3 is 20.1 Å². The van der Waals surface area contributed by atoms with Gasteiger partial charge in [0.2, 0.25) is 0 Å².